The fourth-order valence-electron chi connectivity index (χ4n) is 1.77. The van der Waals surface area contributed by atoms with Crippen LogP contribution < -0.4 is 5.32 Å². The molecule has 0 unspecified atom stereocenters. The number of nitrogens with one attached hydrogen (secondary N) is 1. The van der Waals surface area contributed by atoms with Crippen molar-refractivity contribution >= 4 is 17.6 Å². The minimum atomic E-state index is -1.31. The quantitative estimate of drug-likeness (QED) is 0.638. The molecule has 6 nitrogen and oxygen atoms in total. The molecule has 0 aliphatic carbocycles. The van der Waals surface area contributed by atoms with Crippen LogP contribution in [0, 0.1) is 16.7 Å². The molecule has 1 aromatic carbocycles. The number of rotatable bonds is 3. The second kappa shape index (κ2) is 5.08. The fraction of sp³-hybridized carbons (Fsp3) is 0.308. The monoisotopic (exact) mass is 260 g/mol. The van der Waals surface area contributed by atoms with Gasteiger partial charge in [-0.1, -0.05) is 12.1 Å². The van der Waals surface area contributed by atoms with Gasteiger partial charge in [0.1, 0.15) is 6.07 Å². The van der Waals surface area contributed by atoms with E-state index in [1.165, 1.54) is 7.11 Å². The summed E-state index contributed by atoms with van der Waals surface area (Å²) in [6.07, 6.45) is 0. The van der Waals surface area contributed by atoms with Gasteiger partial charge in [-0.3, -0.25) is 9.59 Å². The van der Waals surface area contributed by atoms with Crippen molar-refractivity contribution in [1.29, 1.82) is 5.26 Å². The molecule has 2 rings (SSSR count). The number of carbonyl (C=O) groups excluding carboxylic acids is 2. The van der Waals surface area contributed by atoms with Crippen LogP contribution in [0.3, 0.4) is 0 Å². The molecular weight excluding hydrogens is 248 g/mol. The fourth-order valence-corrected chi connectivity index (χ4v) is 1.77. The van der Waals surface area contributed by atoms with Crippen LogP contribution in [0.4, 0.5) is 5.69 Å². The maximum Gasteiger partial charge on any atom is 0.326 e. The molecule has 0 bridgehead atoms. The van der Waals surface area contributed by atoms with Crippen molar-refractivity contribution in [2.75, 3.05) is 25.6 Å². The SMILES string of the molecule is COC(=O)C1(C(=O)Nc2ccccc2C#N)COC1. The number of para-hydroxylation sites is 1. The Labute approximate surface area is 109 Å². The molecule has 1 aromatic rings. The average Bonchev–Trinajstić information content (AvgIpc) is 2.37. The third-order valence-electron chi connectivity index (χ3n) is 3.00. The molecule has 0 aromatic heterocycles. The number of amides is 1. The van der Waals surface area contributed by atoms with E-state index in [-0.39, 0.29) is 13.2 Å². The van der Waals surface area contributed by atoms with Crippen LogP contribution in [0.25, 0.3) is 0 Å². The number of carbonyl (C=O) groups is 2. The molecule has 98 valence electrons. The molecule has 1 aliphatic rings. The lowest BCUT2D eigenvalue weighted by Gasteiger charge is -2.36. The first-order valence-corrected chi connectivity index (χ1v) is 5.61. The van der Waals surface area contributed by atoms with Crippen molar-refractivity contribution in [3.63, 3.8) is 0 Å². The minimum Gasteiger partial charge on any atom is -0.468 e. The number of anilines is 1. The van der Waals surface area contributed by atoms with Gasteiger partial charge in [0, 0.05) is 0 Å². The third-order valence-corrected chi connectivity index (χ3v) is 3.00. The van der Waals surface area contributed by atoms with Gasteiger partial charge in [-0.25, -0.2) is 0 Å². The topological polar surface area (TPSA) is 88.4 Å². The van der Waals surface area contributed by atoms with Crippen LogP contribution in [-0.4, -0.2) is 32.2 Å². The molecule has 1 heterocycles. The predicted octanol–water partition coefficient (Wildman–Crippen LogP) is 0.686. The van der Waals surface area contributed by atoms with Gasteiger partial charge in [-0.15, -0.1) is 0 Å². The Hall–Kier alpha value is -2.39. The van der Waals surface area contributed by atoms with Gasteiger partial charge >= 0.3 is 5.97 Å². The van der Waals surface area contributed by atoms with Gasteiger partial charge in [0.15, 0.2) is 5.41 Å². The summed E-state index contributed by atoms with van der Waals surface area (Å²) < 4.78 is 9.58. The largest absolute Gasteiger partial charge is 0.468 e. The number of methoxy groups -OCH3 is 1. The van der Waals surface area contributed by atoms with Crippen molar-refractivity contribution in [1.82, 2.24) is 0 Å². The van der Waals surface area contributed by atoms with Crippen LogP contribution in [0.1, 0.15) is 5.56 Å². The highest BCUT2D eigenvalue weighted by molar-refractivity contribution is 6.10. The summed E-state index contributed by atoms with van der Waals surface area (Å²) >= 11 is 0. The number of ether oxygens (including phenoxy) is 2. The van der Waals surface area contributed by atoms with Gasteiger partial charge in [0.05, 0.1) is 31.6 Å². The summed E-state index contributed by atoms with van der Waals surface area (Å²) in [5.41, 5.74) is -0.613. The maximum atomic E-state index is 12.2. The first-order chi connectivity index (χ1) is 9.14. The summed E-state index contributed by atoms with van der Waals surface area (Å²) in [5.74, 6) is -1.15. The van der Waals surface area contributed by atoms with Crippen LogP contribution in [-0.2, 0) is 19.1 Å². The molecule has 0 atom stereocenters. The molecule has 1 aliphatic heterocycles. The highest BCUT2D eigenvalue weighted by Gasteiger charge is 2.54. The van der Waals surface area contributed by atoms with Gasteiger partial charge in [0.25, 0.3) is 0 Å². The Morgan fingerprint density at radius 2 is 2.11 bits per heavy atom. The van der Waals surface area contributed by atoms with E-state index in [2.05, 4.69) is 10.1 Å². The van der Waals surface area contributed by atoms with E-state index in [1.807, 2.05) is 6.07 Å². The molecule has 0 spiro atoms. The lowest BCUT2D eigenvalue weighted by molar-refractivity contribution is -0.185. The van der Waals surface area contributed by atoms with E-state index in [0.29, 0.717) is 11.3 Å². The summed E-state index contributed by atoms with van der Waals surface area (Å²) in [4.78, 5) is 23.9. The first-order valence-electron chi connectivity index (χ1n) is 5.61. The van der Waals surface area contributed by atoms with Gasteiger partial charge < -0.3 is 14.8 Å². The molecule has 1 N–H and O–H groups in total. The third kappa shape index (κ3) is 2.16. The second-order valence-corrected chi connectivity index (χ2v) is 4.18. The molecule has 0 saturated carbocycles. The van der Waals surface area contributed by atoms with E-state index in [4.69, 9.17) is 10.00 Å². The zero-order valence-corrected chi connectivity index (χ0v) is 10.3. The van der Waals surface area contributed by atoms with E-state index in [0.717, 1.165) is 0 Å². The molecule has 6 heteroatoms. The predicted molar refractivity (Wildman–Crippen MR) is 65.1 cm³/mol. The maximum absolute atomic E-state index is 12.2. The lowest BCUT2D eigenvalue weighted by Crippen LogP contribution is -2.57. The summed E-state index contributed by atoms with van der Waals surface area (Å²) in [6.45, 7) is -0.0273. The average molecular weight is 260 g/mol. The lowest BCUT2D eigenvalue weighted by atomic mass is 9.84. The van der Waals surface area contributed by atoms with E-state index in [1.54, 1.807) is 24.3 Å². The van der Waals surface area contributed by atoms with Gasteiger partial charge in [-0.2, -0.15) is 5.26 Å². The summed E-state index contributed by atoms with van der Waals surface area (Å²) in [6, 6.07) is 8.53. The zero-order valence-electron chi connectivity index (χ0n) is 10.3. The van der Waals surface area contributed by atoms with Crippen molar-refractivity contribution in [2.24, 2.45) is 5.41 Å². The number of hydrogen-bond acceptors (Lipinski definition) is 5. The van der Waals surface area contributed by atoms with Crippen molar-refractivity contribution in [2.45, 2.75) is 0 Å². The molecule has 0 radical (unpaired) electrons. The van der Waals surface area contributed by atoms with E-state index in [9.17, 15) is 9.59 Å². The Bertz CT molecular complexity index is 558. The van der Waals surface area contributed by atoms with Crippen molar-refractivity contribution in [3.05, 3.63) is 29.8 Å². The molecule has 1 amide bonds. The van der Waals surface area contributed by atoms with Crippen LogP contribution >= 0.6 is 0 Å². The number of nitrogens with zero attached hydrogens (tertiary/aromatic N) is 1. The Balaban J connectivity index is 2.21. The van der Waals surface area contributed by atoms with Crippen LogP contribution in [0.5, 0.6) is 0 Å². The summed E-state index contributed by atoms with van der Waals surface area (Å²) in [7, 11) is 1.22. The highest BCUT2D eigenvalue weighted by atomic mass is 16.5. The van der Waals surface area contributed by atoms with Gasteiger partial charge in [-0.05, 0) is 12.1 Å². The minimum absolute atomic E-state index is 0.0137. The smallest absolute Gasteiger partial charge is 0.326 e. The molecule has 1 saturated heterocycles. The first kappa shape index (κ1) is 13.1. The second-order valence-electron chi connectivity index (χ2n) is 4.18. The number of esters is 1. The highest BCUT2D eigenvalue weighted by Crippen LogP contribution is 2.31. The van der Waals surface area contributed by atoms with E-state index >= 15 is 0 Å². The van der Waals surface area contributed by atoms with Crippen molar-refractivity contribution in [3.8, 4) is 6.07 Å². The number of hydrogen-bond donors (Lipinski definition) is 1. The van der Waals surface area contributed by atoms with Gasteiger partial charge in [0.2, 0.25) is 5.91 Å². The zero-order chi connectivity index (χ0) is 13.9. The summed E-state index contributed by atoms with van der Waals surface area (Å²) in [5, 5.41) is 11.5. The number of benzene rings is 1. The molecule has 19 heavy (non-hydrogen) atoms. The van der Waals surface area contributed by atoms with Crippen molar-refractivity contribution < 1.29 is 19.1 Å². The standard InChI is InChI=1S/C13H12N2O4/c1-18-12(17)13(7-19-8-13)11(16)15-10-5-3-2-4-9(10)6-14/h2-5H,7-8H2,1H3,(H,15,16). The normalized spacial score (nSPS) is 15.8. The Kier molecular flexibility index (Phi) is 3.49. The Morgan fingerprint density at radius 3 is 2.63 bits per heavy atom. The van der Waals surface area contributed by atoms with Crippen LogP contribution in [0.2, 0.25) is 0 Å². The Morgan fingerprint density at radius 1 is 1.42 bits per heavy atom. The number of nitriles is 1. The molecular formula is C13H12N2O4. The van der Waals surface area contributed by atoms with E-state index < -0.39 is 17.3 Å². The van der Waals surface area contributed by atoms with Crippen LogP contribution in [0.15, 0.2) is 24.3 Å². The molecule has 1 fully saturated rings.